The first-order valence-corrected chi connectivity index (χ1v) is 3.89. The highest BCUT2D eigenvalue weighted by atomic mass is 79.9. The van der Waals surface area contributed by atoms with Crippen molar-refractivity contribution in [3.05, 3.63) is 10.1 Å². The van der Waals surface area contributed by atoms with Crippen molar-refractivity contribution in [1.82, 2.24) is 0 Å². The van der Waals surface area contributed by atoms with Gasteiger partial charge in [-0.2, -0.15) is 0 Å². The lowest BCUT2D eigenvalue weighted by Crippen LogP contribution is -2.05. The van der Waals surface area contributed by atoms with E-state index in [1.54, 1.807) is 13.8 Å². The number of ether oxygens (including phenoxy) is 1. The minimum atomic E-state index is -0.253. The van der Waals surface area contributed by atoms with Gasteiger partial charge < -0.3 is 4.74 Å². The van der Waals surface area contributed by atoms with Crippen LogP contribution in [0.25, 0.3) is 0 Å². The molecule has 0 aliphatic carbocycles. The van der Waals surface area contributed by atoms with E-state index in [9.17, 15) is 4.79 Å². The van der Waals surface area contributed by atoms with E-state index >= 15 is 0 Å². The van der Waals surface area contributed by atoms with Crippen LogP contribution in [0.5, 0.6) is 0 Å². The van der Waals surface area contributed by atoms with Gasteiger partial charge >= 0.3 is 5.97 Å². The number of esters is 1. The van der Waals surface area contributed by atoms with Gasteiger partial charge in [0.05, 0.1) is 6.61 Å². The van der Waals surface area contributed by atoms with Gasteiger partial charge in [-0.3, -0.25) is 0 Å². The van der Waals surface area contributed by atoms with E-state index in [1.165, 1.54) is 0 Å². The first kappa shape index (κ1) is 9.69. The van der Waals surface area contributed by atoms with Gasteiger partial charge in [0, 0.05) is 10.1 Å². The predicted molar refractivity (Wildman–Crippen MR) is 43.9 cm³/mol. The Morgan fingerprint density at radius 3 is 2.30 bits per heavy atom. The summed E-state index contributed by atoms with van der Waals surface area (Å²) in [5.74, 6) is -0.253. The molecule has 0 radical (unpaired) electrons. The van der Waals surface area contributed by atoms with Gasteiger partial charge in [0.15, 0.2) is 0 Å². The van der Waals surface area contributed by atoms with Crippen molar-refractivity contribution in [2.45, 2.75) is 20.8 Å². The maximum atomic E-state index is 10.9. The molecule has 0 bridgehead atoms. The van der Waals surface area contributed by atoms with E-state index in [0.29, 0.717) is 12.2 Å². The summed E-state index contributed by atoms with van der Waals surface area (Å²) in [5.41, 5.74) is 0.627. The quantitative estimate of drug-likeness (QED) is 0.512. The van der Waals surface area contributed by atoms with Crippen LogP contribution >= 0.6 is 15.9 Å². The molecule has 0 aromatic rings. The van der Waals surface area contributed by atoms with Crippen molar-refractivity contribution < 1.29 is 9.53 Å². The van der Waals surface area contributed by atoms with Gasteiger partial charge in [-0.15, -0.1) is 0 Å². The minimum Gasteiger partial charge on any atom is -0.463 e. The molecule has 58 valence electrons. The SMILES string of the molecule is CCOC(=O)/C(C)=C(\C)Br. The Kier molecular flexibility index (Phi) is 4.36. The van der Waals surface area contributed by atoms with Crippen LogP contribution < -0.4 is 0 Å². The van der Waals surface area contributed by atoms with E-state index < -0.39 is 0 Å². The lowest BCUT2D eigenvalue weighted by molar-refractivity contribution is -0.138. The molecule has 0 amide bonds. The Morgan fingerprint density at radius 1 is 1.50 bits per heavy atom. The van der Waals surface area contributed by atoms with Crippen LogP contribution in [0.3, 0.4) is 0 Å². The van der Waals surface area contributed by atoms with Crippen LogP contribution in [0.2, 0.25) is 0 Å². The summed E-state index contributed by atoms with van der Waals surface area (Å²) in [6, 6.07) is 0. The van der Waals surface area contributed by atoms with E-state index in [-0.39, 0.29) is 5.97 Å². The number of halogens is 1. The van der Waals surface area contributed by atoms with Crippen LogP contribution in [0.15, 0.2) is 10.1 Å². The minimum absolute atomic E-state index is 0.253. The molecule has 10 heavy (non-hydrogen) atoms. The summed E-state index contributed by atoms with van der Waals surface area (Å²) in [6.07, 6.45) is 0. The molecule has 0 aliphatic heterocycles. The molecule has 0 fully saturated rings. The molecule has 3 heteroatoms. The third kappa shape index (κ3) is 3.01. The highest BCUT2D eigenvalue weighted by molar-refractivity contribution is 9.11. The first-order chi connectivity index (χ1) is 4.59. The molecule has 0 aromatic heterocycles. The number of carbonyl (C=O) groups excluding carboxylic acids is 1. The summed E-state index contributed by atoms with van der Waals surface area (Å²) >= 11 is 3.19. The highest BCUT2D eigenvalue weighted by Crippen LogP contribution is 2.11. The molecular formula is C7H11BrO2. The third-order valence-corrected chi connectivity index (χ3v) is 1.69. The van der Waals surface area contributed by atoms with E-state index in [1.807, 2.05) is 6.92 Å². The number of carbonyl (C=O) groups is 1. The lowest BCUT2D eigenvalue weighted by Gasteiger charge is -2.01. The summed E-state index contributed by atoms with van der Waals surface area (Å²) in [5, 5.41) is 0. The fraction of sp³-hybridized carbons (Fsp3) is 0.571. The van der Waals surface area contributed by atoms with Crippen molar-refractivity contribution >= 4 is 21.9 Å². The second kappa shape index (κ2) is 4.50. The van der Waals surface area contributed by atoms with E-state index in [2.05, 4.69) is 15.9 Å². The normalized spacial score (nSPS) is 12.4. The van der Waals surface area contributed by atoms with Crippen LogP contribution in [-0.2, 0) is 9.53 Å². The van der Waals surface area contributed by atoms with Crippen molar-refractivity contribution in [2.24, 2.45) is 0 Å². The molecule has 2 nitrogen and oxygen atoms in total. The van der Waals surface area contributed by atoms with Gasteiger partial charge in [0.2, 0.25) is 0 Å². The fourth-order valence-corrected chi connectivity index (χ4v) is 0.542. The zero-order valence-corrected chi connectivity index (χ0v) is 7.99. The van der Waals surface area contributed by atoms with Gasteiger partial charge in [-0.05, 0) is 20.8 Å². The molecule has 0 aliphatic rings. The van der Waals surface area contributed by atoms with Crippen LogP contribution in [0, 0.1) is 0 Å². The molecule has 0 heterocycles. The van der Waals surface area contributed by atoms with Crippen LogP contribution in [0.4, 0.5) is 0 Å². The number of hydrogen-bond acceptors (Lipinski definition) is 2. The Hall–Kier alpha value is -0.310. The first-order valence-electron chi connectivity index (χ1n) is 3.09. The van der Waals surface area contributed by atoms with Gasteiger partial charge in [0.25, 0.3) is 0 Å². The summed E-state index contributed by atoms with van der Waals surface area (Å²) in [4.78, 5) is 10.9. The standard InChI is InChI=1S/C7H11BrO2/c1-4-10-7(9)5(2)6(3)8/h4H2,1-3H3/b6-5+. The van der Waals surface area contributed by atoms with E-state index in [4.69, 9.17) is 4.74 Å². The average molecular weight is 207 g/mol. The summed E-state index contributed by atoms with van der Waals surface area (Å²) < 4.78 is 5.56. The summed E-state index contributed by atoms with van der Waals surface area (Å²) in [7, 11) is 0. The smallest absolute Gasteiger partial charge is 0.334 e. The second-order valence-electron chi connectivity index (χ2n) is 1.88. The van der Waals surface area contributed by atoms with Gasteiger partial charge in [-0.25, -0.2) is 4.79 Å². The maximum Gasteiger partial charge on any atom is 0.334 e. The molecule has 0 N–H and O–H groups in total. The molecule has 0 saturated heterocycles. The Balaban J connectivity index is 4.09. The highest BCUT2D eigenvalue weighted by Gasteiger charge is 2.05. The Labute approximate surface area is 69.4 Å². The molecule has 0 unspecified atom stereocenters. The molecule has 0 spiro atoms. The number of hydrogen-bond donors (Lipinski definition) is 0. The summed E-state index contributed by atoms with van der Waals surface area (Å²) in [6.45, 7) is 5.75. The van der Waals surface area contributed by atoms with Crippen LogP contribution in [-0.4, -0.2) is 12.6 Å². The molecule has 0 saturated carbocycles. The molecular weight excluding hydrogens is 196 g/mol. The molecule has 0 rings (SSSR count). The average Bonchev–Trinajstić information content (AvgIpc) is 1.87. The Morgan fingerprint density at radius 2 is 2.00 bits per heavy atom. The zero-order chi connectivity index (χ0) is 8.15. The monoisotopic (exact) mass is 206 g/mol. The van der Waals surface area contributed by atoms with Crippen molar-refractivity contribution in [3.8, 4) is 0 Å². The fourth-order valence-electron chi connectivity index (χ4n) is 0.380. The van der Waals surface area contributed by atoms with Crippen molar-refractivity contribution in [2.75, 3.05) is 6.61 Å². The second-order valence-corrected chi connectivity index (χ2v) is 3.07. The molecule has 0 aromatic carbocycles. The van der Waals surface area contributed by atoms with Gasteiger partial charge in [-0.1, -0.05) is 15.9 Å². The van der Waals surface area contributed by atoms with E-state index in [0.717, 1.165) is 4.48 Å². The third-order valence-electron chi connectivity index (χ3n) is 1.10. The largest absolute Gasteiger partial charge is 0.463 e. The molecule has 0 atom stereocenters. The predicted octanol–water partition coefficient (Wildman–Crippen LogP) is 2.24. The Bertz CT molecular complexity index is 157. The van der Waals surface area contributed by atoms with Gasteiger partial charge in [0.1, 0.15) is 0 Å². The topological polar surface area (TPSA) is 26.3 Å². The number of allylic oxidation sites excluding steroid dienone is 1. The van der Waals surface area contributed by atoms with Crippen molar-refractivity contribution in [1.29, 1.82) is 0 Å². The van der Waals surface area contributed by atoms with Crippen LogP contribution in [0.1, 0.15) is 20.8 Å². The number of rotatable bonds is 2. The van der Waals surface area contributed by atoms with Crippen molar-refractivity contribution in [3.63, 3.8) is 0 Å². The zero-order valence-electron chi connectivity index (χ0n) is 6.40. The lowest BCUT2D eigenvalue weighted by atomic mass is 10.3. The maximum absolute atomic E-state index is 10.9.